The molecule has 66 valence electrons. The zero-order chi connectivity index (χ0) is 9.26. The second-order valence-electron chi connectivity index (χ2n) is 2.53. The lowest BCUT2D eigenvalue weighted by Crippen LogP contribution is -1.81. The molecule has 0 aliphatic rings. The number of hydrogen-bond acceptors (Lipinski definition) is 3. The highest BCUT2D eigenvalue weighted by molar-refractivity contribution is 5.62. The number of pyridine rings is 1. The Bertz CT molecular complexity index is 427. The first kappa shape index (κ1) is 7.72. The van der Waals surface area contributed by atoms with Crippen molar-refractivity contribution in [3.8, 4) is 16.9 Å². The molecule has 0 fully saturated rings. The minimum atomic E-state index is -0.535. The number of nitrogens with one attached hydrogen (secondary N) is 1. The third-order valence-corrected chi connectivity index (χ3v) is 1.63. The van der Waals surface area contributed by atoms with Crippen LogP contribution in [-0.2, 0) is 0 Å². The van der Waals surface area contributed by atoms with Crippen molar-refractivity contribution >= 4 is 0 Å². The zero-order valence-corrected chi connectivity index (χ0v) is 6.53. The SMILES string of the molecule is Oc1cncc(-c2cn[nH]c2F)c1. The van der Waals surface area contributed by atoms with Gasteiger partial charge >= 0.3 is 0 Å². The van der Waals surface area contributed by atoms with Crippen LogP contribution in [0.3, 0.4) is 0 Å². The van der Waals surface area contributed by atoms with E-state index in [1.54, 1.807) is 0 Å². The molecule has 0 radical (unpaired) electrons. The van der Waals surface area contributed by atoms with E-state index in [0.717, 1.165) is 0 Å². The van der Waals surface area contributed by atoms with E-state index in [9.17, 15) is 4.39 Å². The molecule has 0 bridgehead atoms. The van der Waals surface area contributed by atoms with Crippen LogP contribution in [-0.4, -0.2) is 20.3 Å². The van der Waals surface area contributed by atoms with Crippen LogP contribution in [0.25, 0.3) is 11.1 Å². The van der Waals surface area contributed by atoms with Crippen molar-refractivity contribution in [2.45, 2.75) is 0 Å². The number of aromatic amines is 1. The van der Waals surface area contributed by atoms with Gasteiger partial charge < -0.3 is 5.11 Å². The molecule has 2 N–H and O–H groups in total. The molecule has 0 saturated carbocycles. The van der Waals surface area contributed by atoms with Crippen LogP contribution in [0, 0.1) is 5.95 Å². The normalized spacial score (nSPS) is 10.2. The number of H-pyrrole nitrogens is 1. The van der Waals surface area contributed by atoms with Crippen molar-refractivity contribution in [3.05, 3.63) is 30.6 Å². The molecule has 4 nitrogen and oxygen atoms in total. The van der Waals surface area contributed by atoms with Crippen molar-refractivity contribution in [3.63, 3.8) is 0 Å². The summed E-state index contributed by atoms with van der Waals surface area (Å²) in [5.74, 6) is -0.537. The van der Waals surface area contributed by atoms with Gasteiger partial charge in [-0.3, -0.25) is 10.1 Å². The zero-order valence-electron chi connectivity index (χ0n) is 6.53. The average molecular weight is 179 g/mol. The van der Waals surface area contributed by atoms with Crippen LogP contribution in [0.15, 0.2) is 24.7 Å². The van der Waals surface area contributed by atoms with Crippen LogP contribution in [0.1, 0.15) is 0 Å². The highest BCUT2D eigenvalue weighted by Crippen LogP contribution is 2.22. The van der Waals surface area contributed by atoms with E-state index in [0.29, 0.717) is 11.1 Å². The number of halogens is 1. The topological polar surface area (TPSA) is 61.8 Å². The Morgan fingerprint density at radius 1 is 1.31 bits per heavy atom. The van der Waals surface area contributed by atoms with E-state index in [-0.39, 0.29) is 5.75 Å². The van der Waals surface area contributed by atoms with Gasteiger partial charge in [-0.1, -0.05) is 0 Å². The van der Waals surface area contributed by atoms with Gasteiger partial charge in [-0.15, -0.1) is 0 Å². The number of nitrogens with zero attached hydrogens (tertiary/aromatic N) is 2. The standard InChI is InChI=1S/C8H6FN3O/c9-8-7(4-11-12-8)5-1-6(13)3-10-2-5/h1-4,13H,(H,11,12). The highest BCUT2D eigenvalue weighted by Gasteiger charge is 2.07. The van der Waals surface area contributed by atoms with Crippen LogP contribution in [0.4, 0.5) is 4.39 Å². The molecule has 0 spiro atoms. The largest absolute Gasteiger partial charge is 0.506 e. The van der Waals surface area contributed by atoms with Crippen LogP contribution >= 0.6 is 0 Å². The average Bonchev–Trinajstić information content (AvgIpc) is 2.51. The van der Waals surface area contributed by atoms with Gasteiger partial charge in [0.25, 0.3) is 0 Å². The first-order valence-corrected chi connectivity index (χ1v) is 3.60. The van der Waals surface area contributed by atoms with Crippen LogP contribution < -0.4 is 0 Å². The second-order valence-corrected chi connectivity index (χ2v) is 2.53. The molecule has 0 saturated heterocycles. The lowest BCUT2D eigenvalue weighted by molar-refractivity contribution is 0.473. The van der Waals surface area contributed by atoms with Gasteiger partial charge in [0.2, 0.25) is 5.95 Å². The van der Waals surface area contributed by atoms with Crippen molar-refractivity contribution < 1.29 is 9.50 Å². The van der Waals surface area contributed by atoms with E-state index in [1.165, 1.54) is 24.7 Å². The molecular formula is C8H6FN3O. The molecule has 2 aromatic heterocycles. The fourth-order valence-corrected chi connectivity index (χ4v) is 1.05. The van der Waals surface area contributed by atoms with Gasteiger partial charge in [-0.2, -0.15) is 9.49 Å². The highest BCUT2D eigenvalue weighted by atomic mass is 19.1. The summed E-state index contributed by atoms with van der Waals surface area (Å²) in [7, 11) is 0. The Hall–Kier alpha value is -1.91. The predicted octanol–water partition coefficient (Wildman–Crippen LogP) is 1.32. The summed E-state index contributed by atoms with van der Waals surface area (Å²) in [6.45, 7) is 0. The van der Waals surface area contributed by atoms with Crippen molar-refractivity contribution in [2.75, 3.05) is 0 Å². The van der Waals surface area contributed by atoms with Gasteiger partial charge in [0, 0.05) is 11.8 Å². The summed E-state index contributed by atoms with van der Waals surface area (Å²) < 4.78 is 12.9. The van der Waals surface area contributed by atoms with Gasteiger partial charge in [-0.25, -0.2) is 0 Å². The first-order chi connectivity index (χ1) is 6.27. The van der Waals surface area contributed by atoms with Gasteiger partial charge in [0.15, 0.2) is 0 Å². The van der Waals surface area contributed by atoms with E-state index in [2.05, 4.69) is 15.2 Å². The van der Waals surface area contributed by atoms with E-state index < -0.39 is 5.95 Å². The lowest BCUT2D eigenvalue weighted by Gasteiger charge is -1.96. The third-order valence-electron chi connectivity index (χ3n) is 1.63. The Labute approximate surface area is 73.1 Å². The van der Waals surface area contributed by atoms with Crippen LogP contribution in [0.5, 0.6) is 5.75 Å². The molecule has 13 heavy (non-hydrogen) atoms. The third kappa shape index (κ3) is 1.35. The fourth-order valence-electron chi connectivity index (χ4n) is 1.05. The van der Waals surface area contributed by atoms with E-state index >= 15 is 0 Å². The summed E-state index contributed by atoms with van der Waals surface area (Å²) in [5, 5.41) is 14.8. The van der Waals surface area contributed by atoms with Crippen LogP contribution in [0.2, 0.25) is 0 Å². The molecular weight excluding hydrogens is 173 g/mol. The number of rotatable bonds is 1. The maximum Gasteiger partial charge on any atom is 0.216 e. The molecule has 0 atom stereocenters. The maximum absolute atomic E-state index is 12.9. The molecule has 0 unspecified atom stereocenters. The summed E-state index contributed by atoms with van der Waals surface area (Å²) in [6, 6.07) is 1.42. The van der Waals surface area contributed by atoms with E-state index in [1.807, 2.05) is 0 Å². The second kappa shape index (κ2) is 2.85. The fraction of sp³-hybridized carbons (Fsp3) is 0. The molecule has 2 rings (SSSR count). The van der Waals surface area contributed by atoms with Gasteiger partial charge in [0.1, 0.15) is 5.75 Å². The molecule has 2 aromatic rings. The number of aromatic nitrogens is 3. The molecule has 0 aliphatic heterocycles. The maximum atomic E-state index is 12.9. The first-order valence-electron chi connectivity index (χ1n) is 3.60. The summed E-state index contributed by atoms with van der Waals surface area (Å²) in [4.78, 5) is 3.72. The van der Waals surface area contributed by atoms with Crippen molar-refractivity contribution in [1.82, 2.24) is 15.2 Å². The molecule has 2 heterocycles. The molecule has 0 amide bonds. The van der Waals surface area contributed by atoms with Gasteiger partial charge in [0.05, 0.1) is 18.0 Å². The van der Waals surface area contributed by atoms with Gasteiger partial charge in [-0.05, 0) is 6.07 Å². The smallest absolute Gasteiger partial charge is 0.216 e. The summed E-state index contributed by atoms with van der Waals surface area (Å²) in [5.41, 5.74) is 0.787. The number of hydrogen-bond donors (Lipinski definition) is 2. The van der Waals surface area contributed by atoms with E-state index in [4.69, 9.17) is 5.11 Å². The molecule has 0 aliphatic carbocycles. The monoisotopic (exact) mass is 179 g/mol. The Morgan fingerprint density at radius 2 is 2.15 bits per heavy atom. The Morgan fingerprint density at radius 3 is 2.77 bits per heavy atom. The minimum Gasteiger partial charge on any atom is -0.506 e. The Kier molecular flexibility index (Phi) is 1.70. The molecule has 0 aromatic carbocycles. The predicted molar refractivity (Wildman–Crippen MR) is 43.4 cm³/mol. The summed E-state index contributed by atoms with van der Waals surface area (Å²) in [6.07, 6.45) is 4.07. The van der Waals surface area contributed by atoms with Crippen molar-refractivity contribution in [1.29, 1.82) is 0 Å². The Balaban J connectivity index is 2.53. The van der Waals surface area contributed by atoms with Crippen molar-refractivity contribution in [2.24, 2.45) is 0 Å². The lowest BCUT2D eigenvalue weighted by atomic mass is 10.1. The molecule has 5 heteroatoms. The quantitative estimate of drug-likeness (QED) is 0.693. The minimum absolute atomic E-state index is 0.00176. The number of aromatic hydroxyl groups is 1. The summed E-state index contributed by atoms with van der Waals surface area (Å²) >= 11 is 0.